The first kappa shape index (κ1) is 28.5. The van der Waals surface area contributed by atoms with Crippen molar-refractivity contribution in [3.8, 4) is 23.3 Å². The molecule has 6 rings (SSSR count). The van der Waals surface area contributed by atoms with Crippen LogP contribution in [0, 0.1) is 25.2 Å². The molecule has 0 radical (unpaired) electrons. The minimum Gasteiger partial charge on any atom is -0.462 e. The number of benzene rings is 1. The lowest BCUT2D eigenvalue weighted by Gasteiger charge is -2.41. The third kappa shape index (κ3) is 5.36. The lowest BCUT2D eigenvalue weighted by molar-refractivity contribution is -0.131. The number of halogens is 1. The van der Waals surface area contributed by atoms with Gasteiger partial charge in [0.05, 0.1) is 41.3 Å². The van der Waals surface area contributed by atoms with E-state index in [9.17, 15) is 14.4 Å². The first-order valence-corrected chi connectivity index (χ1v) is 14.5. The fraction of sp³-hybridized carbons (Fsp3) is 0.419. The number of aromatic amines is 1. The zero-order chi connectivity index (χ0) is 30.2. The van der Waals surface area contributed by atoms with Crippen molar-refractivity contribution in [3.05, 3.63) is 47.9 Å². The summed E-state index contributed by atoms with van der Waals surface area (Å²) in [6, 6.07) is 8.08. The van der Waals surface area contributed by atoms with Crippen molar-refractivity contribution in [3.63, 3.8) is 0 Å². The van der Waals surface area contributed by atoms with Crippen molar-refractivity contribution < 1.29 is 13.9 Å². The Hall–Kier alpha value is -4.63. The highest BCUT2D eigenvalue weighted by molar-refractivity contribution is 5.98. The number of hydrogen-bond donors (Lipinski definition) is 1. The number of nitriles is 1. The van der Waals surface area contributed by atoms with E-state index >= 15 is 0 Å². The van der Waals surface area contributed by atoms with E-state index in [1.807, 2.05) is 23.2 Å². The van der Waals surface area contributed by atoms with Gasteiger partial charge in [-0.3, -0.25) is 9.89 Å². The van der Waals surface area contributed by atoms with E-state index in [0.717, 1.165) is 52.7 Å². The lowest BCUT2D eigenvalue weighted by atomic mass is 9.96. The van der Waals surface area contributed by atoms with E-state index in [-0.39, 0.29) is 31.6 Å². The summed E-state index contributed by atoms with van der Waals surface area (Å²) in [7, 11) is 2.09. The highest BCUT2D eigenvalue weighted by atomic mass is 19.1. The molecule has 0 bridgehead atoms. The van der Waals surface area contributed by atoms with Gasteiger partial charge in [0.15, 0.2) is 11.5 Å². The second kappa shape index (κ2) is 11.6. The molecule has 0 aliphatic carbocycles. The van der Waals surface area contributed by atoms with Crippen LogP contribution in [0.2, 0.25) is 0 Å². The summed E-state index contributed by atoms with van der Waals surface area (Å²) in [5, 5.41) is 18.5. The van der Waals surface area contributed by atoms with Crippen LogP contribution in [0.25, 0.3) is 33.2 Å². The minimum absolute atomic E-state index is 0.0473. The van der Waals surface area contributed by atoms with Gasteiger partial charge in [0.25, 0.3) is 5.91 Å². The third-order valence-corrected chi connectivity index (χ3v) is 8.72. The third-order valence-electron chi connectivity index (χ3n) is 8.72. The Kier molecular flexibility index (Phi) is 7.66. The van der Waals surface area contributed by atoms with E-state index < -0.39 is 17.8 Å². The highest BCUT2D eigenvalue weighted by Crippen LogP contribution is 2.35. The number of amides is 1. The molecule has 2 aliphatic rings. The number of anilines is 1. The predicted molar refractivity (Wildman–Crippen MR) is 161 cm³/mol. The zero-order valence-electron chi connectivity index (χ0n) is 24.6. The number of rotatable bonds is 7. The minimum atomic E-state index is -1.04. The number of nitrogens with one attached hydrogen (secondary N) is 1. The van der Waals surface area contributed by atoms with Gasteiger partial charge in [-0.15, -0.1) is 0 Å². The van der Waals surface area contributed by atoms with Crippen molar-refractivity contribution >= 4 is 33.7 Å². The molecule has 1 aromatic carbocycles. The number of aromatic nitrogens is 5. The number of carbonyl (C=O) groups excluding carboxylic acids is 1. The largest absolute Gasteiger partial charge is 0.462 e. The van der Waals surface area contributed by atoms with Crippen LogP contribution in [0.15, 0.2) is 36.8 Å². The molecule has 1 N–H and O–H groups in total. The van der Waals surface area contributed by atoms with E-state index in [1.165, 1.54) is 4.90 Å². The molecule has 5 heterocycles. The summed E-state index contributed by atoms with van der Waals surface area (Å²) in [4.78, 5) is 32.7. The quantitative estimate of drug-likeness (QED) is 0.320. The maximum Gasteiger partial charge on any atom is 0.320 e. The standard InChI is InChI=1S/C31H34FN9O2/c1-18-14-26-24(15-34-38-26)27(19(18)2)25-8-7-23-28(35-25)36-31(43-17-22-6-5-11-39(22)4)37-29(23)40-12-13-41(30(42)20(3)32)21(16-40)9-10-33/h7-8,14-15,21-22H,3,5-6,9,11-13,16-17H2,1-2,4H3,(H,34,38). The number of fused-ring (bicyclic) bond motifs is 2. The van der Waals surface area contributed by atoms with Crippen LogP contribution in [0.4, 0.5) is 10.2 Å². The number of H-pyrrole nitrogens is 1. The number of ether oxygens (including phenoxy) is 1. The van der Waals surface area contributed by atoms with E-state index in [1.54, 1.807) is 0 Å². The number of likely N-dealkylation sites (N-methyl/N-ethyl adjacent to an activating group) is 1. The Morgan fingerprint density at radius 3 is 2.77 bits per heavy atom. The first-order valence-electron chi connectivity index (χ1n) is 14.5. The molecule has 2 saturated heterocycles. The van der Waals surface area contributed by atoms with Crippen molar-refractivity contribution in [2.45, 2.75) is 45.2 Å². The summed E-state index contributed by atoms with van der Waals surface area (Å²) >= 11 is 0. The molecule has 2 unspecified atom stereocenters. The molecule has 3 aromatic heterocycles. The fourth-order valence-electron chi connectivity index (χ4n) is 6.19. The van der Waals surface area contributed by atoms with Gasteiger partial charge in [-0.05, 0) is 69.6 Å². The SMILES string of the molecule is C=C(F)C(=O)N1CCN(c2nc(OCC3CCCN3C)nc3nc(-c4c(C)c(C)cc5[nH]ncc45)ccc23)CC1CC#N. The second-order valence-electron chi connectivity index (χ2n) is 11.4. The molecule has 2 fully saturated rings. The summed E-state index contributed by atoms with van der Waals surface area (Å²) < 4.78 is 20.0. The van der Waals surface area contributed by atoms with Gasteiger partial charge < -0.3 is 19.4 Å². The van der Waals surface area contributed by atoms with Crippen LogP contribution in [-0.2, 0) is 4.79 Å². The number of aryl methyl sites for hydroxylation is 1. The molecule has 11 nitrogen and oxygen atoms in total. The van der Waals surface area contributed by atoms with Crippen LogP contribution in [0.3, 0.4) is 0 Å². The Labute approximate surface area is 249 Å². The second-order valence-corrected chi connectivity index (χ2v) is 11.4. The van der Waals surface area contributed by atoms with E-state index in [4.69, 9.17) is 19.7 Å². The highest BCUT2D eigenvalue weighted by Gasteiger charge is 2.33. The topological polar surface area (TPSA) is 127 Å². The van der Waals surface area contributed by atoms with Crippen molar-refractivity contribution in [2.75, 3.05) is 44.7 Å². The molecule has 0 saturated carbocycles. The van der Waals surface area contributed by atoms with Gasteiger partial charge in [0.1, 0.15) is 12.4 Å². The fourth-order valence-corrected chi connectivity index (χ4v) is 6.19. The Bertz CT molecular complexity index is 1760. The molecule has 0 spiro atoms. The lowest BCUT2D eigenvalue weighted by Crippen LogP contribution is -2.55. The molecular weight excluding hydrogens is 549 g/mol. The van der Waals surface area contributed by atoms with Gasteiger partial charge in [-0.25, -0.2) is 9.37 Å². The molecule has 2 aliphatic heterocycles. The normalized spacial score (nSPS) is 19.2. The number of carbonyl (C=O) groups is 1. The zero-order valence-corrected chi connectivity index (χ0v) is 24.6. The van der Waals surface area contributed by atoms with Gasteiger partial charge in [0.2, 0.25) is 0 Å². The number of pyridine rings is 1. The van der Waals surface area contributed by atoms with E-state index in [2.05, 4.69) is 54.7 Å². The maximum absolute atomic E-state index is 13.8. The van der Waals surface area contributed by atoms with Crippen molar-refractivity contribution in [1.29, 1.82) is 5.26 Å². The molecule has 2 atom stereocenters. The summed E-state index contributed by atoms with van der Waals surface area (Å²) in [6.07, 6.45) is 4.01. The molecule has 4 aromatic rings. The van der Waals surface area contributed by atoms with Crippen LogP contribution in [0.1, 0.15) is 30.4 Å². The van der Waals surface area contributed by atoms with Crippen molar-refractivity contribution in [2.24, 2.45) is 0 Å². The predicted octanol–water partition coefficient (Wildman–Crippen LogP) is 4.07. The number of likely N-dealkylation sites (tertiary alicyclic amines) is 1. The average Bonchev–Trinajstić information content (AvgIpc) is 3.63. The molecule has 222 valence electrons. The van der Waals surface area contributed by atoms with Crippen LogP contribution in [0.5, 0.6) is 6.01 Å². The Morgan fingerprint density at radius 1 is 1.19 bits per heavy atom. The molecule has 12 heteroatoms. The van der Waals surface area contributed by atoms with Gasteiger partial charge in [-0.1, -0.05) is 6.58 Å². The van der Waals surface area contributed by atoms with Crippen LogP contribution in [-0.4, -0.2) is 92.8 Å². The number of nitrogens with zero attached hydrogens (tertiary/aromatic N) is 8. The smallest absolute Gasteiger partial charge is 0.320 e. The van der Waals surface area contributed by atoms with E-state index in [0.29, 0.717) is 30.0 Å². The molecule has 1 amide bonds. The van der Waals surface area contributed by atoms with Crippen molar-refractivity contribution in [1.82, 2.24) is 34.9 Å². The maximum atomic E-state index is 13.8. The number of piperazine rings is 1. The summed E-state index contributed by atoms with van der Waals surface area (Å²) in [5.74, 6) is -1.23. The molecular formula is C31H34FN9O2. The Balaban J connectivity index is 1.42. The number of hydrogen-bond acceptors (Lipinski definition) is 9. The first-order chi connectivity index (χ1) is 20.7. The summed E-state index contributed by atoms with van der Waals surface area (Å²) in [6.45, 7) is 9.66. The monoisotopic (exact) mass is 583 g/mol. The van der Waals surface area contributed by atoms with Crippen LogP contribution >= 0.6 is 0 Å². The average molecular weight is 584 g/mol. The van der Waals surface area contributed by atoms with Crippen LogP contribution < -0.4 is 9.64 Å². The summed E-state index contributed by atoms with van der Waals surface area (Å²) in [5.41, 5.74) is 5.36. The van der Waals surface area contributed by atoms with Gasteiger partial charge in [0, 0.05) is 36.6 Å². The van der Waals surface area contributed by atoms with Gasteiger partial charge in [-0.2, -0.15) is 20.3 Å². The Morgan fingerprint density at radius 2 is 2.02 bits per heavy atom. The van der Waals surface area contributed by atoms with Gasteiger partial charge >= 0.3 is 6.01 Å². The molecule has 43 heavy (non-hydrogen) atoms.